The van der Waals surface area contributed by atoms with E-state index in [2.05, 4.69) is 10.6 Å². The predicted octanol–water partition coefficient (Wildman–Crippen LogP) is 4.44. The van der Waals surface area contributed by atoms with Gasteiger partial charge in [-0.3, -0.25) is 9.59 Å². The van der Waals surface area contributed by atoms with Crippen molar-refractivity contribution in [3.63, 3.8) is 0 Å². The van der Waals surface area contributed by atoms with E-state index in [-0.39, 0.29) is 17.6 Å². The van der Waals surface area contributed by atoms with E-state index in [0.717, 1.165) is 0 Å². The molecule has 29 heavy (non-hydrogen) atoms. The standard InChI is InChI=1S/C22H22N2O5/c1-13(2)11-19(25)24-20-15-5-3-4-6-16(15)29-21(20)22(26)23-14-7-8-17-18(12-14)28-10-9-27-17/h3-8,12-13H,9-11H2,1-2H3,(H,23,26)(H,24,25). The van der Waals surface area contributed by atoms with E-state index in [4.69, 9.17) is 13.9 Å². The number of hydrogen-bond donors (Lipinski definition) is 2. The predicted molar refractivity (Wildman–Crippen MR) is 110 cm³/mol. The summed E-state index contributed by atoms with van der Waals surface area (Å²) in [4.78, 5) is 25.3. The van der Waals surface area contributed by atoms with Crippen LogP contribution in [0.5, 0.6) is 11.5 Å². The number of para-hydroxylation sites is 1. The molecule has 0 unspecified atom stereocenters. The van der Waals surface area contributed by atoms with Gasteiger partial charge < -0.3 is 24.5 Å². The Morgan fingerprint density at radius 3 is 2.55 bits per heavy atom. The smallest absolute Gasteiger partial charge is 0.293 e. The van der Waals surface area contributed by atoms with Crippen molar-refractivity contribution in [2.24, 2.45) is 5.92 Å². The largest absolute Gasteiger partial charge is 0.486 e. The normalized spacial score (nSPS) is 12.8. The number of nitrogens with one attached hydrogen (secondary N) is 2. The van der Waals surface area contributed by atoms with Gasteiger partial charge in [0.15, 0.2) is 11.5 Å². The lowest BCUT2D eigenvalue weighted by Crippen LogP contribution is -2.18. The van der Waals surface area contributed by atoms with Gasteiger partial charge in [-0.25, -0.2) is 0 Å². The summed E-state index contributed by atoms with van der Waals surface area (Å²) in [6.07, 6.45) is 0.350. The van der Waals surface area contributed by atoms with Crippen LogP contribution in [0.2, 0.25) is 0 Å². The fourth-order valence-corrected chi connectivity index (χ4v) is 3.20. The first-order valence-electron chi connectivity index (χ1n) is 9.53. The van der Waals surface area contributed by atoms with Crippen molar-refractivity contribution in [1.29, 1.82) is 0 Å². The first-order valence-corrected chi connectivity index (χ1v) is 9.53. The van der Waals surface area contributed by atoms with E-state index in [1.807, 2.05) is 32.0 Å². The Kier molecular flexibility index (Phi) is 5.12. The van der Waals surface area contributed by atoms with Gasteiger partial charge in [0.2, 0.25) is 11.7 Å². The van der Waals surface area contributed by atoms with E-state index in [0.29, 0.717) is 53.5 Å². The number of hydrogen-bond acceptors (Lipinski definition) is 5. The molecule has 7 heteroatoms. The minimum atomic E-state index is -0.460. The highest BCUT2D eigenvalue weighted by Crippen LogP contribution is 2.34. The van der Waals surface area contributed by atoms with Gasteiger partial charge in [0, 0.05) is 23.6 Å². The van der Waals surface area contributed by atoms with Crippen LogP contribution in [0, 0.1) is 5.92 Å². The molecule has 4 rings (SSSR count). The Morgan fingerprint density at radius 2 is 1.76 bits per heavy atom. The van der Waals surface area contributed by atoms with Gasteiger partial charge in [0.1, 0.15) is 24.5 Å². The Bertz CT molecular complexity index is 1070. The maximum Gasteiger partial charge on any atom is 0.293 e. The maximum atomic E-state index is 12.9. The maximum absolute atomic E-state index is 12.9. The van der Waals surface area contributed by atoms with Crippen LogP contribution in [-0.4, -0.2) is 25.0 Å². The number of amides is 2. The van der Waals surface area contributed by atoms with Crippen molar-refractivity contribution in [2.75, 3.05) is 23.8 Å². The second-order valence-electron chi connectivity index (χ2n) is 7.26. The summed E-state index contributed by atoms with van der Waals surface area (Å²) in [5.74, 6) is 0.836. The van der Waals surface area contributed by atoms with Crippen molar-refractivity contribution in [2.45, 2.75) is 20.3 Å². The highest BCUT2D eigenvalue weighted by atomic mass is 16.6. The summed E-state index contributed by atoms with van der Waals surface area (Å²) in [5.41, 5.74) is 1.44. The molecule has 3 aromatic rings. The van der Waals surface area contributed by atoms with Gasteiger partial charge in [-0.1, -0.05) is 26.0 Å². The summed E-state index contributed by atoms with van der Waals surface area (Å²) < 4.78 is 16.8. The molecular weight excluding hydrogens is 372 g/mol. The lowest BCUT2D eigenvalue weighted by molar-refractivity contribution is -0.116. The number of carbonyl (C=O) groups is 2. The van der Waals surface area contributed by atoms with Crippen LogP contribution in [0.25, 0.3) is 11.0 Å². The minimum absolute atomic E-state index is 0.0539. The summed E-state index contributed by atoms with van der Waals surface area (Å²) in [6, 6.07) is 12.4. The Balaban J connectivity index is 1.63. The fraction of sp³-hybridized carbons (Fsp3) is 0.273. The van der Waals surface area contributed by atoms with Crippen molar-refractivity contribution < 1.29 is 23.5 Å². The molecule has 2 amide bonds. The molecule has 0 fully saturated rings. The molecule has 1 aliphatic rings. The van der Waals surface area contributed by atoms with Crippen LogP contribution in [0.1, 0.15) is 30.8 Å². The Labute approximate surface area is 168 Å². The van der Waals surface area contributed by atoms with Crippen LogP contribution in [-0.2, 0) is 4.79 Å². The lowest BCUT2D eigenvalue weighted by atomic mass is 10.1. The monoisotopic (exact) mass is 394 g/mol. The highest BCUT2D eigenvalue weighted by molar-refractivity contribution is 6.14. The Morgan fingerprint density at radius 1 is 1.00 bits per heavy atom. The van der Waals surface area contributed by atoms with Gasteiger partial charge in [-0.15, -0.1) is 0 Å². The summed E-state index contributed by atoms with van der Waals surface area (Å²) in [6.45, 7) is 4.88. The first kappa shape index (κ1) is 18.9. The minimum Gasteiger partial charge on any atom is -0.486 e. The van der Waals surface area contributed by atoms with Crippen LogP contribution < -0.4 is 20.1 Å². The SMILES string of the molecule is CC(C)CC(=O)Nc1c(C(=O)Nc2ccc3c(c2)OCCO3)oc2ccccc12. The third-order valence-corrected chi connectivity index (χ3v) is 4.46. The van der Waals surface area contributed by atoms with Crippen LogP contribution in [0.3, 0.4) is 0 Å². The lowest BCUT2D eigenvalue weighted by Gasteiger charge is -2.18. The molecule has 0 radical (unpaired) electrons. The molecule has 1 aromatic heterocycles. The number of anilines is 2. The van der Waals surface area contributed by atoms with Gasteiger partial charge >= 0.3 is 0 Å². The molecule has 2 N–H and O–H groups in total. The van der Waals surface area contributed by atoms with E-state index < -0.39 is 5.91 Å². The molecule has 0 bridgehead atoms. The summed E-state index contributed by atoms with van der Waals surface area (Å²) >= 11 is 0. The molecular formula is C22H22N2O5. The molecule has 150 valence electrons. The number of benzene rings is 2. The first-order chi connectivity index (χ1) is 14.0. The number of ether oxygens (including phenoxy) is 2. The molecule has 0 saturated carbocycles. The Hall–Kier alpha value is -3.48. The van der Waals surface area contributed by atoms with Gasteiger partial charge in [-0.05, 0) is 30.2 Å². The average molecular weight is 394 g/mol. The molecule has 0 aliphatic carbocycles. The zero-order chi connectivity index (χ0) is 20.4. The second kappa shape index (κ2) is 7.87. The van der Waals surface area contributed by atoms with E-state index in [1.165, 1.54) is 0 Å². The molecule has 2 aromatic carbocycles. The number of carbonyl (C=O) groups excluding carboxylic acids is 2. The summed E-state index contributed by atoms with van der Waals surface area (Å²) in [5, 5.41) is 6.33. The molecule has 7 nitrogen and oxygen atoms in total. The second-order valence-corrected chi connectivity index (χ2v) is 7.26. The van der Waals surface area contributed by atoms with Crippen molar-refractivity contribution >= 4 is 34.2 Å². The molecule has 0 spiro atoms. The third-order valence-electron chi connectivity index (χ3n) is 4.46. The van der Waals surface area contributed by atoms with Crippen LogP contribution in [0.4, 0.5) is 11.4 Å². The molecule has 0 saturated heterocycles. The fourth-order valence-electron chi connectivity index (χ4n) is 3.20. The van der Waals surface area contributed by atoms with Crippen molar-refractivity contribution in [3.8, 4) is 11.5 Å². The number of rotatable bonds is 5. The van der Waals surface area contributed by atoms with Crippen molar-refractivity contribution in [3.05, 3.63) is 48.2 Å². The van der Waals surface area contributed by atoms with E-state index in [9.17, 15) is 9.59 Å². The van der Waals surface area contributed by atoms with Gasteiger partial charge in [0.05, 0.1) is 0 Å². The average Bonchev–Trinajstić information content (AvgIpc) is 3.06. The third kappa shape index (κ3) is 4.03. The number of fused-ring (bicyclic) bond motifs is 2. The van der Waals surface area contributed by atoms with Gasteiger partial charge in [-0.2, -0.15) is 0 Å². The number of furan rings is 1. The summed E-state index contributed by atoms with van der Waals surface area (Å²) in [7, 11) is 0. The van der Waals surface area contributed by atoms with Gasteiger partial charge in [0.25, 0.3) is 5.91 Å². The van der Waals surface area contributed by atoms with Crippen LogP contribution in [0.15, 0.2) is 46.9 Å². The zero-order valence-corrected chi connectivity index (χ0v) is 16.3. The molecule has 1 aliphatic heterocycles. The zero-order valence-electron chi connectivity index (χ0n) is 16.3. The quantitative estimate of drug-likeness (QED) is 0.668. The van der Waals surface area contributed by atoms with Crippen molar-refractivity contribution in [1.82, 2.24) is 0 Å². The van der Waals surface area contributed by atoms with E-state index in [1.54, 1.807) is 24.3 Å². The topological polar surface area (TPSA) is 89.8 Å². The van der Waals surface area contributed by atoms with Crippen LogP contribution >= 0.6 is 0 Å². The van der Waals surface area contributed by atoms with E-state index >= 15 is 0 Å². The highest BCUT2D eigenvalue weighted by Gasteiger charge is 2.23. The molecule has 0 atom stereocenters. The molecule has 2 heterocycles.